The summed E-state index contributed by atoms with van der Waals surface area (Å²) in [7, 11) is 2.03. The second-order valence-corrected chi connectivity index (χ2v) is 7.20. The Morgan fingerprint density at radius 1 is 1.05 bits per heavy atom. The predicted molar refractivity (Wildman–Crippen MR) is 85.2 cm³/mol. The summed E-state index contributed by atoms with van der Waals surface area (Å²) >= 11 is 0. The van der Waals surface area contributed by atoms with Crippen molar-refractivity contribution < 1.29 is 4.79 Å². The van der Waals surface area contributed by atoms with Gasteiger partial charge in [0.2, 0.25) is 5.91 Å². The maximum atomic E-state index is 12.8. The fourth-order valence-corrected chi connectivity index (χ4v) is 4.65. The van der Waals surface area contributed by atoms with Crippen molar-refractivity contribution in [3.05, 3.63) is 0 Å². The molecule has 2 heterocycles. The van der Waals surface area contributed by atoms with Crippen LogP contribution in [0.2, 0.25) is 0 Å². The average Bonchev–Trinajstić information content (AvgIpc) is 2.54. The number of likely N-dealkylation sites (N-methyl/N-ethyl adjacent to an activating group) is 1. The Morgan fingerprint density at radius 3 is 2.67 bits per heavy atom. The summed E-state index contributed by atoms with van der Waals surface area (Å²) < 4.78 is 0. The predicted octanol–water partition coefficient (Wildman–Crippen LogP) is 1.85. The van der Waals surface area contributed by atoms with E-state index in [4.69, 9.17) is 0 Å². The minimum atomic E-state index is 0.392. The quantitative estimate of drug-likeness (QED) is 0.862. The number of amides is 1. The van der Waals surface area contributed by atoms with Crippen LogP contribution in [-0.2, 0) is 4.79 Å². The first kappa shape index (κ1) is 15.3. The van der Waals surface area contributed by atoms with Crippen LogP contribution in [0.3, 0.4) is 0 Å². The molecule has 1 amide bonds. The third-order valence-corrected chi connectivity index (χ3v) is 5.84. The van der Waals surface area contributed by atoms with Crippen LogP contribution in [0.1, 0.15) is 51.4 Å². The number of piperidine rings is 2. The zero-order valence-electron chi connectivity index (χ0n) is 13.5. The fraction of sp³-hybridized carbons (Fsp3) is 0.941. The van der Waals surface area contributed by atoms with Gasteiger partial charge in [0, 0.05) is 25.2 Å². The van der Waals surface area contributed by atoms with Gasteiger partial charge in [0.05, 0.1) is 6.54 Å². The van der Waals surface area contributed by atoms with Gasteiger partial charge in [-0.25, -0.2) is 0 Å². The molecule has 4 nitrogen and oxygen atoms in total. The van der Waals surface area contributed by atoms with Crippen molar-refractivity contribution >= 4 is 5.91 Å². The van der Waals surface area contributed by atoms with Crippen LogP contribution in [0.5, 0.6) is 0 Å². The zero-order chi connectivity index (χ0) is 14.7. The smallest absolute Gasteiger partial charge is 0.237 e. The van der Waals surface area contributed by atoms with E-state index in [0.29, 0.717) is 24.5 Å². The number of rotatable bonds is 3. The summed E-state index contributed by atoms with van der Waals surface area (Å²) in [4.78, 5) is 17.4. The van der Waals surface area contributed by atoms with Crippen LogP contribution in [0, 0.1) is 5.92 Å². The van der Waals surface area contributed by atoms with Crippen LogP contribution < -0.4 is 5.32 Å². The van der Waals surface area contributed by atoms with E-state index in [9.17, 15) is 4.79 Å². The number of carbonyl (C=O) groups excluding carboxylic acids is 1. The van der Waals surface area contributed by atoms with Gasteiger partial charge < -0.3 is 10.2 Å². The number of carbonyl (C=O) groups is 1. The Kier molecular flexibility index (Phi) is 5.17. The van der Waals surface area contributed by atoms with E-state index >= 15 is 0 Å². The molecular formula is C17H31N3O. The molecule has 0 spiro atoms. The topological polar surface area (TPSA) is 35.6 Å². The van der Waals surface area contributed by atoms with Crippen LogP contribution in [0.4, 0.5) is 0 Å². The number of likely N-dealkylation sites (tertiary alicyclic amines) is 2. The van der Waals surface area contributed by atoms with E-state index in [2.05, 4.69) is 15.1 Å². The number of hydrogen-bond acceptors (Lipinski definition) is 3. The molecule has 0 aromatic heterocycles. The standard InChI is InChI=1S/C17H31N3O/c1-18-15-8-5-10-19(12-15)13-17(21)20-11-4-7-14-6-2-3-9-16(14)20/h14-16,18H,2-13H2,1H3. The molecule has 0 aromatic rings. The molecule has 2 saturated heterocycles. The van der Waals surface area contributed by atoms with Gasteiger partial charge >= 0.3 is 0 Å². The van der Waals surface area contributed by atoms with Crippen LogP contribution in [-0.4, -0.2) is 61.0 Å². The first-order valence-electron chi connectivity index (χ1n) is 8.97. The van der Waals surface area contributed by atoms with Crippen molar-refractivity contribution in [2.24, 2.45) is 5.92 Å². The third-order valence-electron chi connectivity index (χ3n) is 5.84. The summed E-state index contributed by atoms with van der Waals surface area (Å²) in [5.41, 5.74) is 0. The molecule has 0 radical (unpaired) electrons. The lowest BCUT2D eigenvalue weighted by Gasteiger charge is -2.45. The molecule has 0 bridgehead atoms. The van der Waals surface area contributed by atoms with Gasteiger partial charge in [-0.05, 0) is 58.0 Å². The Bertz CT molecular complexity index is 358. The molecule has 3 atom stereocenters. The highest BCUT2D eigenvalue weighted by Gasteiger charge is 2.36. The van der Waals surface area contributed by atoms with Crippen LogP contribution >= 0.6 is 0 Å². The average molecular weight is 293 g/mol. The summed E-state index contributed by atoms with van der Waals surface area (Å²) in [6.07, 6.45) is 10.3. The molecule has 3 fully saturated rings. The SMILES string of the molecule is CNC1CCCN(CC(=O)N2CCCC3CCCCC32)C1. The molecule has 3 unspecified atom stereocenters. The molecule has 1 aliphatic carbocycles. The number of nitrogens with zero attached hydrogens (tertiary/aromatic N) is 2. The lowest BCUT2D eigenvalue weighted by molar-refractivity contribution is -0.139. The normalized spacial score (nSPS) is 34.5. The molecule has 4 heteroatoms. The molecule has 120 valence electrons. The lowest BCUT2D eigenvalue weighted by Crippen LogP contribution is -2.54. The van der Waals surface area contributed by atoms with Crippen molar-refractivity contribution in [1.29, 1.82) is 0 Å². The molecule has 2 aliphatic heterocycles. The van der Waals surface area contributed by atoms with E-state index < -0.39 is 0 Å². The Morgan fingerprint density at radius 2 is 1.81 bits per heavy atom. The van der Waals surface area contributed by atoms with E-state index in [1.165, 1.54) is 51.4 Å². The molecule has 3 aliphatic rings. The number of nitrogens with one attached hydrogen (secondary N) is 1. The second kappa shape index (κ2) is 7.10. The summed E-state index contributed by atoms with van der Waals surface area (Å²) in [5.74, 6) is 1.19. The highest BCUT2D eigenvalue weighted by Crippen LogP contribution is 2.35. The molecule has 1 N–H and O–H groups in total. The van der Waals surface area contributed by atoms with Gasteiger partial charge in [-0.3, -0.25) is 9.69 Å². The maximum Gasteiger partial charge on any atom is 0.237 e. The fourth-order valence-electron chi connectivity index (χ4n) is 4.65. The Balaban J connectivity index is 1.56. The highest BCUT2D eigenvalue weighted by molar-refractivity contribution is 5.78. The van der Waals surface area contributed by atoms with Gasteiger partial charge in [0.1, 0.15) is 0 Å². The first-order chi connectivity index (χ1) is 10.3. The third kappa shape index (κ3) is 3.59. The molecular weight excluding hydrogens is 262 g/mol. The minimum Gasteiger partial charge on any atom is -0.338 e. The summed E-state index contributed by atoms with van der Waals surface area (Å²) in [5, 5.41) is 3.37. The van der Waals surface area contributed by atoms with Gasteiger partial charge in [-0.15, -0.1) is 0 Å². The van der Waals surface area contributed by atoms with Crippen LogP contribution in [0.25, 0.3) is 0 Å². The summed E-state index contributed by atoms with van der Waals surface area (Å²) in [6, 6.07) is 1.13. The van der Waals surface area contributed by atoms with Crippen molar-refractivity contribution in [2.75, 3.05) is 33.2 Å². The van der Waals surface area contributed by atoms with Gasteiger partial charge in [0.25, 0.3) is 0 Å². The highest BCUT2D eigenvalue weighted by atomic mass is 16.2. The van der Waals surface area contributed by atoms with E-state index in [0.717, 1.165) is 25.6 Å². The monoisotopic (exact) mass is 293 g/mol. The molecule has 21 heavy (non-hydrogen) atoms. The summed E-state index contributed by atoms with van der Waals surface area (Å²) in [6.45, 7) is 3.76. The lowest BCUT2D eigenvalue weighted by atomic mass is 9.78. The largest absolute Gasteiger partial charge is 0.338 e. The van der Waals surface area contributed by atoms with Gasteiger partial charge in [-0.2, -0.15) is 0 Å². The molecule has 0 aromatic carbocycles. The van der Waals surface area contributed by atoms with Gasteiger partial charge in [0.15, 0.2) is 0 Å². The number of fused-ring (bicyclic) bond motifs is 1. The van der Waals surface area contributed by atoms with Crippen molar-refractivity contribution in [3.8, 4) is 0 Å². The zero-order valence-corrected chi connectivity index (χ0v) is 13.5. The first-order valence-corrected chi connectivity index (χ1v) is 8.97. The van der Waals surface area contributed by atoms with Crippen LogP contribution in [0.15, 0.2) is 0 Å². The molecule has 1 saturated carbocycles. The van der Waals surface area contributed by atoms with Gasteiger partial charge in [-0.1, -0.05) is 12.8 Å². The van der Waals surface area contributed by atoms with E-state index in [1.807, 2.05) is 7.05 Å². The minimum absolute atomic E-state index is 0.392. The number of hydrogen-bond donors (Lipinski definition) is 1. The second-order valence-electron chi connectivity index (χ2n) is 7.20. The maximum absolute atomic E-state index is 12.8. The van der Waals surface area contributed by atoms with Crippen molar-refractivity contribution in [3.63, 3.8) is 0 Å². The Labute approximate surface area is 129 Å². The van der Waals surface area contributed by atoms with Crippen molar-refractivity contribution in [2.45, 2.75) is 63.5 Å². The van der Waals surface area contributed by atoms with E-state index in [1.54, 1.807) is 0 Å². The van der Waals surface area contributed by atoms with Crippen molar-refractivity contribution in [1.82, 2.24) is 15.1 Å². The van der Waals surface area contributed by atoms with E-state index in [-0.39, 0.29) is 0 Å². The Hall–Kier alpha value is -0.610. The molecule has 3 rings (SSSR count).